The lowest BCUT2D eigenvalue weighted by molar-refractivity contribution is -0.131. The third-order valence-electron chi connectivity index (χ3n) is 5.55. The average molecular weight is 294 g/mol. The van der Waals surface area contributed by atoms with Gasteiger partial charge in [0.2, 0.25) is 5.91 Å². The molecule has 0 spiro atoms. The van der Waals surface area contributed by atoms with Crippen LogP contribution in [-0.4, -0.2) is 42.8 Å². The van der Waals surface area contributed by atoms with Crippen molar-refractivity contribution in [2.24, 2.45) is 17.8 Å². The van der Waals surface area contributed by atoms with Gasteiger partial charge in [-0.15, -0.1) is 0 Å². The highest BCUT2D eigenvalue weighted by molar-refractivity contribution is 5.84. The molecule has 1 aliphatic carbocycles. The molecule has 120 valence electrons. The highest BCUT2D eigenvalue weighted by atomic mass is 16.5. The molecule has 1 saturated carbocycles. The van der Waals surface area contributed by atoms with E-state index in [-0.39, 0.29) is 12.2 Å². The minimum Gasteiger partial charge on any atom is -0.381 e. The molecule has 3 atom stereocenters. The Bertz CT molecular complexity index is 360. The molecule has 1 N–H and O–H groups in total. The number of ether oxygens (including phenoxy) is 1. The molecule has 21 heavy (non-hydrogen) atoms. The van der Waals surface area contributed by atoms with Crippen LogP contribution in [0.3, 0.4) is 0 Å². The molecule has 0 radical (unpaired) electrons. The first-order valence-corrected chi connectivity index (χ1v) is 8.81. The number of nitrogens with one attached hydrogen (secondary N) is 1. The Hall–Kier alpha value is -0.610. The third-order valence-corrected chi connectivity index (χ3v) is 5.55. The van der Waals surface area contributed by atoms with E-state index in [9.17, 15) is 4.79 Å². The number of carbonyl (C=O) groups excluding carboxylic acids is 1. The van der Waals surface area contributed by atoms with Gasteiger partial charge in [-0.3, -0.25) is 10.1 Å². The first kappa shape index (κ1) is 15.3. The Labute approximate surface area is 128 Å². The quantitative estimate of drug-likeness (QED) is 0.846. The van der Waals surface area contributed by atoms with Crippen LogP contribution in [0.1, 0.15) is 52.4 Å². The maximum atomic E-state index is 12.8. The van der Waals surface area contributed by atoms with Crippen molar-refractivity contribution in [1.29, 1.82) is 0 Å². The van der Waals surface area contributed by atoms with Crippen LogP contribution >= 0.6 is 0 Å². The summed E-state index contributed by atoms with van der Waals surface area (Å²) < 4.78 is 5.47. The van der Waals surface area contributed by atoms with Gasteiger partial charge < -0.3 is 9.64 Å². The van der Waals surface area contributed by atoms with Crippen molar-refractivity contribution in [1.82, 2.24) is 10.2 Å². The van der Waals surface area contributed by atoms with Gasteiger partial charge in [0, 0.05) is 19.8 Å². The molecular formula is C17H30N2O2. The molecular weight excluding hydrogens is 264 g/mol. The van der Waals surface area contributed by atoms with Crippen LogP contribution in [-0.2, 0) is 9.53 Å². The zero-order valence-electron chi connectivity index (χ0n) is 13.5. The first-order valence-electron chi connectivity index (χ1n) is 8.81. The molecule has 1 amide bonds. The molecule has 3 fully saturated rings. The van der Waals surface area contributed by atoms with Gasteiger partial charge in [-0.1, -0.05) is 26.7 Å². The molecule has 3 aliphatic rings. The number of rotatable bonds is 5. The normalized spacial score (nSPS) is 34.5. The molecule has 3 rings (SSSR count). The van der Waals surface area contributed by atoms with Gasteiger partial charge in [0.25, 0.3) is 0 Å². The van der Waals surface area contributed by atoms with Gasteiger partial charge in [-0.25, -0.2) is 0 Å². The van der Waals surface area contributed by atoms with E-state index in [1.54, 1.807) is 0 Å². The lowest BCUT2D eigenvalue weighted by atomic mass is 10.0. The number of nitrogens with zero attached hydrogens (tertiary/aromatic N) is 1. The fraction of sp³-hybridized carbons (Fsp3) is 0.941. The minimum atomic E-state index is 0.0235. The maximum Gasteiger partial charge on any atom is 0.241 e. The molecule has 0 aromatic rings. The Morgan fingerprint density at radius 3 is 2.67 bits per heavy atom. The van der Waals surface area contributed by atoms with Crippen molar-refractivity contribution >= 4 is 5.91 Å². The Balaban J connectivity index is 1.64. The van der Waals surface area contributed by atoms with Gasteiger partial charge in [-0.05, 0) is 43.4 Å². The summed E-state index contributed by atoms with van der Waals surface area (Å²) in [6.07, 6.45) is 7.76. The maximum absolute atomic E-state index is 12.8. The number of hydrogen-bond acceptors (Lipinski definition) is 3. The second-order valence-corrected chi connectivity index (χ2v) is 7.43. The van der Waals surface area contributed by atoms with Crippen LogP contribution in [0.25, 0.3) is 0 Å². The smallest absolute Gasteiger partial charge is 0.241 e. The summed E-state index contributed by atoms with van der Waals surface area (Å²) in [4.78, 5) is 14.9. The van der Waals surface area contributed by atoms with E-state index < -0.39 is 0 Å². The van der Waals surface area contributed by atoms with Crippen LogP contribution < -0.4 is 5.32 Å². The molecule has 0 aromatic carbocycles. The minimum absolute atomic E-state index is 0.0235. The van der Waals surface area contributed by atoms with E-state index in [4.69, 9.17) is 4.74 Å². The van der Waals surface area contributed by atoms with E-state index in [1.165, 1.54) is 25.7 Å². The highest BCUT2D eigenvalue weighted by Crippen LogP contribution is 2.33. The van der Waals surface area contributed by atoms with Crippen molar-refractivity contribution in [3.63, 3.8) is 0 Å². The van der Waals surface area contributed by atoms with Gasteiger partial charge in [-0.2, -0.15) is 0 Å². The topological polar surface area (TPSA) is 41.6 Å². The Kier molecular flexibility index (Phi) is 4.85. The molecule has 0 bridgehead atoms. The van der Waals surface area contributed by atoms with E-state index in [1.807, 2.05) is 0 Å². The Morgan fingerprint density at radius 2 is 2.05 bits per heavy atom. The largest absolute Gasteiger partial charge is 0.381 e. The summed E-state index contributed by atoms with van der Waals surface area (Å²) in [5.41, 5.74) is 0. The summed E-state index contributed by atoms with van der Waals surface area (Å²) in [5.74, 6) is 2.03. The monoisotopic (exact) mass is 294 g/mol. The standard InChI is InChI=1S/C17H30N2O2/c1-12(2)15-17(20)19(9-7-13-8-10-21-11-13)16(18-15)14-5-3-4-6-14/h12-16,18H,3-11H2,1-2H3. The number of carbonyl (C=O) groups is 1. The molecule has 0 aromatic heterocycles. The van der Waals surface area contributed by atoms with E-state index in [2.05, 4.69) is 24.1 Å². The predicted octanol–water partition coefficient (Wildman–Crippen LogP) is 2.39. The number of amides is 1. The van der Waals surface area contributed by atoms with Gasteiger partial charge >= 0.3 is 0 Å². The molecule has 2 saturated heterocycles. The van der Waals surface area contributed by atoms with Crippen LogP contribution in [0.4, 0.5) is 0 Å². The zero-order valence-corrected chi connectivity index (χ0v) is 13.5. The molecule has 2 heterocycles. The summed E-state index contributed by atoms with van der Waals surface area (Å²) in [7, 11) is 0. The van der Waals surface area contributed by atoms with Gasteiger partial charge in [0.15, 0.2) is 0 Å². The molecule has 2 aliphatic heterocycles. The summed E-state index contributed by atoms with van der Waals surface area (Å²) in [5, 5.41) is 3.65. The molecule has 4 heteroatoms. The zero-order chi connectivity index (χ0) is 14.8. The number of hydrogen-bond donors (Lipinski definition) is 1. The summed E-state index contributed by atoms with van der Waals surface area (Å²) >= 11 is 0. The van der Waals surface area contributed by atoms with E-state index >= 15 is 0 Å². The SMILES string of the molecule is CC(C)C1NC(C2CCCC2)N(CCC2CCOC2)C1=O. The second-order valence-electron chi connectivity index (χ2n) is 7.43. The van der Waals surface area contributed by atoms with Crippen LogP contribution in [0, 0.1) is 17.8 Å². The third kappa shape index (κ3) is 3.26. The molecule has 3 unspecified atom stereocenters. The fourth-order valence-electron chi connectivity index (χ4n) is 4.18. The van der Waals surface area contributed by atoms with E-state index in [0.717, 1.165) is 32.6 Å². The van der Waals surface area contributed by atoms with Crippen LogP contribution in [0.15, 0.2) is 0 Å². The van der Waals surface area contributed by atoms with Crippen molar-refractivity contribution in [3.8, 4) is 0 Å². The van der Waals surface area contributed by atoms with Crippen molar-refractivity contribution in [2.75, 3.05) is 19.8 Å². The van der Waals surface area contributed by atoms with Crippen LogP contribution in [0.2, 0.25) is 0 Å². The fourth-order valence-corrected chi connectivity index (χ4v) is 4.18. The predicted molar refractivity (Wildman–Crippen MR) is 82.8 cm³/mol. The van der Waals surface area contributed by atoms with Crippen molar-refractivity contribution in [3.05, 3.63) is 0 Å². The van der Waals surface area contributed by atoms with Gasteiger partial charge in [0.1, 0.15) is 0 Å². The Morgan fingerprint density at radius 1 is 1.29 bits per heavy atom. The van der Waals surface area contributed by atoms with Gasteiger partial charge in [0.05, 0.1) is 12.2 Å². The molecule has 4 nitrogen and oxygen atoms in total. The van der Waals surface area contributed by atoms with Crippen molar-refractivity contribution in [2.45, 2.75) is 64.6 Å². The lowest BCUT2D eigenvalue weighted by Crippen LogP contribution is -2.43. The van der Waals surface area contributed by atoms with Crippen molar-refractivity contribution < 1.29 is 9.53 Å². The summed E-state index contributed by atoms with van der Waals surface area (Å²) in [6, 6.07) is 0.0235. The van der Waals surface area contributed by atoms with E-state index in [0.29, 0.717) is 23.7 Å². The summed E-state index contributed by atoms with van der Waals surface area (Å²) in [6.45, 7) is 6.99. The first-order chi connectivity index (χ1) is 10.2. The lowest BCUT2D eigenvalue weighted by Gasteiger charge is -2.29. The highest BCUT2D eigenvalue weighted by Gasteiger charge is 2.44. The second kappa shape index (κ2) is 6.66. The average Bonchev–Trinajstić information content (AvgIpc) is 3.17. The van der Waals surface area contributed by atoms with Crippen LogP contribution in [0.5, 0.6) is 0 Å².